The molecule has 2 aromatic carbocycles. The van der Waals surface area contributed by atoms with Gasteiger partial charge in [-0.2, -0.15) is 0 Å². The van der Waals surface area contributed by atoms with E-state index < -0.39 is 0 Å². The first kappa shape index (κ1) is 17.8. The van der Waals surface area contributed by atoms with Crippen LogP contribution in [0.3, 0.4) is 0 Å². The number of carbonyl (C=O) groups excluding carboxylic acids is 1. The standard InChI is InChI=1S/C18H18ClNO4S/c1-22-14-8-7-11(9-13(14)19)20-16(21)10-25-18(20)12-5-4-6-15(23-2)17(12)24-3/h4-9,18H,10H2,1-3H3. The number of hydrogen-bond acceptors (Lipinski definition) is 5. The summed E-state index contributed by atoms with van der Waals surface area (Å²) in [7, 11) is 4.74. The van der Waals surface area contributed by atoms with Gasteiger partial charge in [-0.25, -0.2) is 0 Å². The third-order valence-electron chi connectivity index (χ3n) is 3.98. The van der Waals surface area contributed by atoms with Gasteiger partial charge in [-0.05, 0) is 24.3 Å². The zero-order valence-electron chi connectivity index (χ0n) is 14.1. The summed E-state index contributed by atoms with van der Waals surface area (Å²) in [6.07, 6.45) is 0. The van der Waals surface area contributed by atoms with Crippen LogP contribution in [0.4, 0.5) is 5.69 Å². The zero-order chi connectivity index (χ0) is 18.0. The summed E-state index contributed by atoms with van der Waals surface area (Å²) in [5.41, 5.74) is 1.60. The van der Waals surface area contributed by atoms with Gasteiger partial charge >= 0.3 is 0 Å². The van der Waals surface area contributed by atoms with Gasteiger partial charge < -0.3 is 14.2 Å². The second-order valence-corrected chi connectivity index (χ2v) is 6.80. The fourth-order valence-corrected chi connectivity index (χ4v) is 4.29. The molecule has 2 aromatic rings. The van der Waals surface area contributed by atoms with E-state index in [4.69, 9.17) is 25.8 Å². The van der Waals surface area contributed by atoms with Gasteiger partial charge in [0.1, 0.15) is 11.1 Å². The lowest BCUT2D eigenvalue weighted by atomic mass is 10.1. The topological polar surface area (TPSA) is 48.0 Å². The van der Waals surface area contributed by atoms with Gasteiger partial charge in [0.15, 0.2) is 11.5 Å². The van der Waals surface area contributed by atoms with Crippen LogP contribution in [0.2, 0.25) is 5.02 Å². The summed E-state index contributed by atoms with van der Waals surface area (Å²) in [5, 5.41) is 0.239. The molecule has 132 valence electrons. The highest BCUT2D eigenvalue weighted by atomic mass is 35.5. The maximum absolute atomic E-state index is 12.5. The quantitative estimate of drug-likeness (QED) is 0.781. The molecule has 0 saturated carbocycles. The van der Waals surface area contributed by atoms with Crippen LogP contribution in [0.5, 0.6) is 17.2 Å². The van der Waals surface area contributed by atoms with Crippen LogP contribution in [0, 0.1) is 0 Å². The van der Waals surface area contributed by atoms with Gasteiger partial charge in [0.25, 0.3) is 0 Å². The molecule has 0 N–H and O–H groups in total. The average molecular weight is 380 g/mol. The number of amides is 1. The van der Waals surface area contributed by atoms with Crippen LogP contribution in [-0.2, 0) is 4.79 Å². The molecule has 1 aliphatic heterocycles. The maximum atomic E-state index is 12.5. The number of benzene rings is 2. The van der Waals surface area contributed by atoms with E-state index in [1.807, 2.05) is 24.3 Å². The SMILES string of the molecule is COc1ccc(N2C(=O)CSC2c2cccc(OC)c2OC)cc1Cl. The molecule has 0 bridgehead atoms. The Balaban J connectivity index is 2.05. The molecular formula is C18H18ClNO4S. The smallest absolute Gasteiger partial charge is 0.238 e. The highest BCUT2D eigenvalue weighted by Gasteiger charge is 2.36. The molecule has 1 fully saturated rings. The van der Waals surface area contributed by atoms with Crippen LogP contribution >= 0.6 is 23.4 Å². The third kappa shape index (κ3) is 3.24. The summed E-state index contributed by atoms with van der Waals surface area (Å²) in [6.45, 7) is 0. The molecule has 5 nitrogen and oxygen atoms in total. The van der Waals surface area contributed by atoms with Gasteiger partial charge in [-0.15, -0.1) is 11.8 Å². The predicted molar refractivity (Wildman–Crippen MR) is 100 cm³/mol. The number of thioether (sulfide) groups is 1. The fraction of sp³-hybridized carbons (Fsp3) is 0.278. The summed E-state index contributed by atoms with van der Waals surface area (Å²) in [5.74, 6) is 2.23. The van der Waals surface area contributed by atoms with Crippen molar-refractivity contribution in [2.75, 3.05) is 32.0 Å². The monoisotopic (exact) mass is 379 g/mol. The summed E-state index contributed by atoms with van der Waals surface area (Å²) < 4.78 is 16.1. The number of nitrogens with zero attached hydrogens (tertiary/aromatic N) is 1. The van der Waals surface area contributed by atoms with Crippen molar-refractivity contribution in [3.05, 3.63) is 47.0 Å². The van der Waals surface area contributed by atoms with Crippen molar-refractivity contribution in [2.24, 2.45) is 0 Å². The van der Waals surface area contributed by atoms with Crippen molar-refractivity contribution in [3.8, 4) is 17.2 Å². The van der Waals surface area contributed by atoms with Crippen molar-refractivity contribution in [1.82, 2.24) is 0 Å². The molecule has 0 aromatic heterocycles. The molecule has 1 heterocycles. The first-order valence-electron chi connectivity index (χ1n) is 7.58. The number of anilines is 1. The van der Waals surface area contributed by atoms with Gasteiger partial charge in [0.05, 0.1) is 32.1 Å². The molecule has 1 unspecified atom stereocenters. The first-order valence-corrected chi connectivity index (χ1v) is 9.01. The highest BCUT2D eigenvalue weighted by molar-refractivity contribution is 8.00. The molecule has 7 heteroatoms. The molecule has 1 amide bonds. The van der Waals surface area contributed by atoms with E-state index >= 15 is 0 Å². The van der Waals surface area contributed by atoms with Crippen LogP contribution < -0.4 is 19.1 Å². The third-order valence-corrected chi connectivity index (χ3v) is 5.47. The lowest BCUT2D eigenvalue weighted by Gasteiger charge is -2.26. The highest BCUT2D eigenvalue weighted by Crippen LogP contribution is 2.47. The fourth-order valence-electron chi connectivity index (χ4n) is 2.84. The lowest BCUT2D eigenvalue weighted by Crippen LogP contribution is -2.28. The minimum atomic E-state index is -0.220. The number of halogens is 1. The predicted octanol–water partition coefficient (Wildman–Crippen LogP) is 4.14. The molecule has 0 aliphatic carbocycles. The molecule has 25 heavy (non-hydrogen) atoms. The molecule has 0 radical (unpaired) electrons. The lowest BCUT2D eigenvalue weighted by molar-refractivity contribution is -0.115. The molecule has 0 spiro atoms. The number of ether oxygens (including phenoxy) is 3. The normalized spacial score (nSPS) is 16.9. The van der Waals surface area contributed by atoms with Crippen molar-refractivity contribution < 1.29 is 19.0 Å². The number of para-hydroxylation sites is 1. The van der Waals surface area contributed by atoms with Crippen molar-refractivity contribution in [3.63, 3.8) is 0 Å². The second-order valence-electron chi connectivity index (χ2n) is 5.33. The first-order chi connectivity index (χ1) is 12.1. The second kappa shape index (κ2) is 7.45. The Morgan fingerprint density at radius 3 is 2.48 bits per heavy atom. The van der Waals surface area contributed by atoms with E-state index in [9.17, 15) is 4.79 Å². The van der Waals surface area contributed by atoms with Gasteiger partial charge in [-0.1, -0.05) is 23.7 Å². The largest absolute Gasteiger partial charge is 0.495 e. The number of carbonyl (C=O) groups is 1. The molecule has 1 saturated heterocycles. The minimum absolute atomic E-state index is 0.0149. The van der Waals surface area contributed by atoms with Crippen LogP contribution in [-0.4, -0.2) is 33.0 Å². The Morgan fingerprint density at radius 2 is 1.84 bits per heavy atom. The summed E-state index contributed by atoms with van der Waals surface area (Å²) in [4.78, 5) is 14.3. The number of rotatable bonds is 5. The van der Waals surface area contributed by atoms with E-state index in [0.717, 1.165) is 11.3 Å². The summed E-state index contributed by atoms with van der Waals surface area (Å²) >= 11 is 7.78. The van der Waals surface area contributed by atoms with E-state index in [1.54, 1.807) is 38.4 Å². The van der Waals surface area contributed by atoms with E-state index in [1.165, 1.54) is 11.8 Å². The number of hydrogen-bond donors (Lipinski definition) is 0. The van der Waals surface area contributed by atoms with Crippen LogP contribution in [0.15, 0.2) is 36.4 Å². The van der Waals surface area contributed by atoms with Crippen molar-refractivity contribution in [1.29, 1.82) is 0 Å². The van der Waals surface area contributed by atoms with E-state index in [2.05, 4.69) is 0 Å². The van der Waals surface area contributed by atoms with Crippen molar-refractivity contribution in [2.45, 2.75) is 5.37 Å². The molecule has 1 atom stereocenters. The Bertz CT molecular complexity index is 799. The van der Waals surface area contributed by atoms with Gasteiger partial charge in [0.2, 0.25) is 5.91 Å². The molecule has 1 aliphatic rings. The van der Waals surface area contributed by atoms with Gasteiger partial charge in [-0.3, -0.25) is 9.69 Å². The number of methoxy groups -OCH3 is 3. The summed E-state index contributed by atoms with van der Waals surface area (Å²) in [6, 6.07) is 11.0. The Morgan fingerprint density at radius 1 is 1.08 bits per heavy atom. The Hall–Kier alpha value is -2.05. The van der Waals surface area contributed by atoms with Crippen molar-refractivity contribution >= 4 is 35.0 Å². The van der Waals surface area contributed by atoms with E-state index in [-0.39, 0.29) is 11.3 Å². The van der Waals surface area contributed by atoms with Gasteiger partial charge in [0, 0.05) is 11.3 Å². The van der Waals surface area contributed by atoms with Crippen LogP contribution in [0.1, 0.15) is 10.9 Å². The van der Waals surface area contributed by atoms with Crippen LogP contribution in [0.25, 0.3) is 0 Å². The Kier molecular flexibility index (Phi) is 5.30. The Labute approximate surface area is 155 Å². The molecular weight excluding hydrogens is 362 g/mol. The zero-order valence-corrected chi connectivity index (χ0v) is 15.7. The average Bonchev–Trinajstić information content (AvgIpc) is 3.02. The van der Waals surface area contributed by atoms with E-state index in [0.29, 0.717) is 28.0 Å². The molecule has 3 rings (SSSR count). The minimum Gasteiger partial charge on any atom is -0.495 e. The maximum Gasteiger partial charge on any atom is 0.238 e.